The van der Waals surface area contributed by atoms with Crippen LogP contribution >= 0.6 is 0 Å². The van der Waals surface area contributed by atoms with Crippen LogP contribution < -0.4 is 10.2 Å². The fraction of sp³-hybridized carbons (Fsp3) is 0.538. The van der Waals surface area contributed by atoms with Gasteiger partial charge in [-0.1, -0.05) is 12.8 Å². The van der Waals surface area contributed by atoms with Crippen molar-refractivity contribution in [3.8, 4) is 6.07 Å². The Morgan fingerprint density at radius 1 is 1.32 bits per heavy atom. The topological polar surface area (TPSA) is 81.9 Å². The first-order chi connectivity index (χ1) is 9.28. The van der Waals surface area contributed by atoms with Gasteiger partial charge in [0.25, 0.3) is 0 Å². The summed E-state index contributed by atoms with van der Waals surface area (Å²) in [6.07, 6.45) is 7.47. The van der Waals surface area contributed by atoms with Crippen LogP contribution in [0.4, 0.5) is 5.82 Å². The number of aromatic nitrogens is 2. The molecule has 1 aliphatic carbocycles. The van der Waals surface area contributed by atoms with Crippen LogP contribution in [0.5, 0.6) is 0 Å². The van der Waals surface area contributed by atoms with Crippen molar-refractivity contribution in [1.82, 2.24) is 15.3 Å². The van der Waals surface area contributed by atoms with E-state index in [0.29, 0.717) is 24.1 Å². The highest BCUT2D eigenvalue weighted by molar-refractivity contribution is 5.83. The maximum Gasteiger partial charge on any atom is 0.239 e. The van der Waals surface area contributed by atoms with Gasteiger partial charge in [-0.05, 0) is 12.8 Å². The number of carbonyl (C=O) groups is 1. The van der Waals surface area contributed by atoms with Crippen molar-refractivity contribution < 1.29 is 4.79 Å². The Kier molecular flexibility index (Phi) is 3.03. The zero-order valence-electron chi connectivity index (χ0n) is 10.5. The summed E-state index contributed by atoms with van der Waals surface area (Å²) in [6.45, 7) is 0.321. The van der Waals surface area contributed by atoms with Gasteiger partial charge in [-0.25, -0.2) is 9.97 Å². The zero-order chi connectivity index (χ0) is 13.2. The van der Waals surface area contributed by atoms with Crippen LogP contribution in [0.3, 0.4) is 0 Å². The van der Waals surface area contributed by atoms with E-state index < -0.39 is 0 Å². The number of carbonyl (C=O) groups excluding carboxylic acids is 1. The predicted octanol–water partition coefficient (Wildman–Crippen LogP) is 0.596. The zero-order valence-corrected chi connectivity index (χ0v) is 10.5. The molecule has 0 aromatic carbocycles. The van der Waals surface area contributed by atoms with Crippen LogP contribution in [0, 0.1) is 11.3 Å². The molecule has 2 unspecified atom stereocenters. The molecule has 1 aliphatic heterocycles. The maximum atomic E-state index is 11.8. The highest BCUT2D eigenvalue weighted by atomic mass is 16.2. The summed E-state index contributed by atoms with van der Waals surface area (Å²) in [5, 5.41) is 11.8. The standard InChI is InChI=1S/C13H15N5O/c14-5-9-6-16-12(7-15-9)18-8-13(19)17-10-3-1-2-4-11(10)18/h6-7,10-11H,1-4,8H2,(H,17,19). The molecule has 1 aromatic heterocycles. The summed E-state index contributed by atoms with van der Waals surface area (Å²) in [6, 6.07) is 2.47. The number of piperazine rings is 1. The number of hydrogen-bond donors (Lipinski definition) is 1. The lowest BCUT2D eigenvalue weighted by Crippen LogP contribution is -2.62. The average molecular weight is 257 g/mol. The van der Waals surface area contributed by atoms with Crippen molar-refractivity contribution >= 4 is 11.7 Å². The second-order valence-corrected chi connectivity index (χ2v) is 5.03. The van der Waals surface area contributed by atoms with Gasteiger partial charge >= 0.3 is 0 Å². The second-order valence-electron chi connectivity index (χ2n) is 5.03. The first kappa shape index (κ1) is 11.9. The third kappa shape index (κ3) is 2.24. The molecule has 2 fully saturated rings. The predicted molar refractivity (Wildman–Crippen MR) is 68.3 cm³/mol. The molecule has 1 amide bonds. The first-order valence-corrected chi connectivity index (χ1v) is 6.56. The number of anilines is 1. The molecule has 2 heterocycles. The SMILES string of the molecule is N#Cc1cnc(N2CC(=O)NC3CCCCC32)cn1. The molecule has 0 bridgehead atoms. The van der Waals surface area contributed by atoms with E-state index in [1.54, 1.807) is 6.20 Å². The van der Waals surface area contributed by atoms with Crippen molar-refractivity contribution in [3.63, 3.8) is 0 Å². The summed E-state index contributed by atoms with van der Waals surface area (Å²) in [4.78, 5) is 22.1. The van der Waals surface area contributed by atoms with Gasteiger partial charge in [0.15, 0.2) is 5.69 Å². The molecular formula is C13H15N5O. The summed E-state index contributed by atoms with van der Waals surface area (Å²) < 4.78 is 0. The molecule has 98 valence electrons. The Hall–Kier alpha value is -2.16. The molecule has 1 saturated heterocycles. The molecule has 3 rings (SSSR count). The minimum Gasteiger partial charge on any atom is -0.350 e. The van der Waals surface area contributed by atoms with Gasteiger partial charge in [0, 0.05) is 6.04 Å². The highest BCUT2D eigenvalue weighted by Crippen LogP contribution is 2.28. The van der Waals surface area contributed by atoms with Crippen LogP contribution in [-0.4, -0.2) is 34.5 Å². The lowest BCUT2D eigenvalue weighted by molar-refractivity contribution is -0.122. The number of nitrogens with zero attached hydrogens (tertiary/aromatic N) is 4. The summed E-state index contributed by atoms with van der Waals surface area (Å²) >= 11 is 0. The van der Waals surface area contributed by atoms with Crippen molar-refractivity contribution in [2.75, 3.05) is 11.4 Å². The molecule has 2 atom stereocenters. The summed E-state index contributed by atoms with van der Waals surface area (Å²) in [5.41, 5.74) is 0.297. The van der Waals surface area contributed by atoms with Crippen molar-refractivity contribution in [2.45, 2.75) is 37.8 Å². The lowest BCUT2D eigenvalue weighted by atomic mass is 9.87. The Bertz CT molecular complexity index is 521. The molecule has 0 radical (unpaired) electrons. The van der Waals surface area contributed by atoms with Gasteiger partial charge in [-0.15, -0.1) is 0 Å². The van der Waals surface area contributed by atoms with Gasteiger partial charge in [0.05, 0.1) is 25.0 Å². The largest absolute Gasteiger partial charge is 0.350 e. The van der Waals surface area contributed by atoms with Crippen molar-refractivity contribution in [3.05, 3.63) is 18.1 Å². The Morgan fingerprint density at radius 2 is 2.16 bits per heavy atom. The van der Waals surface area contributed by atoms with Crippen LogP contribution in [0.2, 0.25) is 0 Å². The number of amides is 1. The number of nitriles is 1. The van der Waals surface area contributed by atoms with Crippen LogP contribution in [0.15, 0.2) is 12.4 Å². The van der Waals surface area contributed by atoms with E-state index in [0.717, 1.165) is 19.3 Å². The quantitative estimate of drug-likeness (QED) is 0.796. The van der Waals surface area contributed by atoms with E-state index in [1.807, 2.05) is 11.0 Å². The molecule has 19 heavy (non-hydrogen) atoms. The molecule has 1 saturated carbocycles. The van der Waals surface area contributed by atoms with Crippen molar-refractivity contribution in [2.24, 2.45) is 0 Å². The smallest absolute Gasteiger partial charge is 0.239 e. The van der Waals surface area contributed by atoms with E-state index in [4.69, 9.17) is 5.26 Å². The van der Waals surface area contributed by atoms with Crippen LogP contribution in [-0.2, 0) is 4.79 Å². The third-order valence-electron chi connectivity index (χ3n) is 3.84. The minimum absolute atomic E-state index is 0.0364. The van der Waals surface area contributed by atoms with Crippen molar-refractivity contribution in [1.29, 1.82) is 5.26 Å². The normalized spacial score (nSPS) is 26.3. The van der Waals surface area contributed by atoms with E-state index in [-0.39, 0.29) is 11.9 Å². The van der Waals surface area contributed by atoms with Crippen LogP contribution in [0.25, 0.3) is 0 Å². The second kappa shape index (κ2) is 4.84. The molecule has 6 heteroatoms. The monoisotopic (exact) mass is 257 g/mol. The lowest BCUT2D eigenvalue weighted by Gasteiger charge is -2.44. The summed E-state index contributed by atoms with van der Waals surface area (Å²) in [7, 11) is 0. The Labute approximate surface area is 111 Å². The summed E-state index contributed by atoms with van der Waals surface area (Å²) in [5.74, 6) is 0.722. The van der Waals surface area contributed by atoms with Gasteiger partial charge in [0.2, 0.25) is 5.91 Å². The first-order valence-electron chi connectivity index (χ1n) is 6.56. The molecular weight excluding hydrogens is 242 g/mol. The fourth-order valence-electron chi connectivity index (χ4n) is 2.96. The Balaban J connectivity index is 1.87. The van der Waals surface area contributed by atoms with Gasteiger partial charge < -0.3 is 10.2 Å². The molecule has 1 N–H and O–H groups in total. The van der Waals surface area contributed by atoms with Gasteiger partial charge in [-0.2, -0.15) is 5.26 Å². The fourth-order valence-corrected chi connectivity index (χ4v) is 2.96. The number of hydrogen-bond acceptors (Lipinski definition) is 5. The van der Waals surface area contributed by atoms with E-state index in [9.17, 15) is 4.79 Å². The maximum absolute atomic E-state index is 11.8. The third-order valence-corrected chi connectivity index (χ3v) is 3.84. The average Bonchev–Trinajstić information content (AvgIpc) is 2.46. The van der Waals surface area contributed by atoms with Crippen LogP contribution in [0.1, 0.15) is 31.4 Å². The van der Waals surface area contributed by atoms with E-state index in [2.05, 4.69) is 15.3 Å². The van der Waals surface area contributed by atoms with E-state index >= 15 is 0 Å². The number of nitrogens with one attached hydrogen (secondary N) is 1. The highest BCUT2D eigenvalue weighted by Gasteiger charge is 2.37. The van der Waals surface area contributed by atoms with Gasteiger partial charge in [-0.3, -0.25) is 4.79 Å². The Morgan fingerprint density at radius 3 is 2.89 bits per heavy atom. The molecule has 6 nitrogen and oxygen atoms in total. The molecule has 2 aliphatic rings. The molecule has 1 aromatic rings. The van der Waals surface area contributed by atoms with Gasteiger partial charge in [0.1, 0.15) is 11.9 Å². The number of fused-ring (bicyclic) bond motifs is 1. The minimum atomic E-state index is 0.0364. The number of rotatable bonds is 1. The molecule has 0 spiro atoms. The van der Waals surface area contributed by atoms with E-state index in [1.165, 1.54) is 12.6 Å².